The number of carbonyl (C=O) groups excluding carboxylic acids is 2. The minimum atomic E-state index is -4.04. The van der Waals surface area contributed by atoms with Crippen LogP contribution in [0.15, 0.2) is 70.9 Å². The van der Waals surface area contributed by atoms with Crippen molar-refractivity contribution in [2.75, 3.05) is 6.61 Å². The first-order chi connectivity index (χ1) is 17.7. The molecular weight excluding hydrogens is 549 g/mol. The van der Waals surface area contributed by atoms with Crippen LogP contribution in [0.4, 0.5) is 0 Å². The summed E-state index contributed by atoms with van der Waals surface area (Å²) in [6.07, 6.45) is 0. The van der Waals surface area contributed by atoms with Crippen LogP contribution < -0.4 is 10.1 Å². The average molecular weight is 579 g/mol. The molecule has 2 aromatic carbocycles. The van der Waals surface area contributed by atoms with E-state index in [4.69, 9.17) is 9.16 Å². The van der Waals surface area contributed by atoms with Crippen LogP contribution in [0.25, 0.3) is 0 Å². The van der Waals surface area contributed by atoms with Gasteiger partial charge in [0.05, 0.1) is 4.90 Å². The van der Waals surface area contributed by atoms with Crippen molar-refractivity contribution in [3.8, 4) is 5.75 Å². The van der Waals surface area contributed by atoms with E-state index in [0.717, 1.165) is 10.5 Å². The van der Waals surface area contributed by atoms with Gasteiger partial charge in [0, 0.05) is 10.8 Å². The normalized spacial score (nSPS) is 18.2. The summed E-state index contributed by atoms with van der Waals surface area (Å²) in [4.78, 5) is 38.9. The molecular formula is C25H30N2O8S2Si. The molecule has 1 heterocycles. The lowest BCUT2D eigenvalue weighted by Gasteiger charge is -2.46. The zero-order valence-electron chi connectivity index (χ0n) is 21.6. The number of carbonyl (C=O) groups is 3. The van der Waals surface area contributed by atoms with E-state index in [0.29, 0.717) is 16.5 Å². The number of β-lactam (4-membered cyclic amide) rings is 1. The van der Waals surface area contributed by atoms with Crippen molar-refractivity contribution in [1.29, 1.82) is 0 Å². The summed E-state index contributed by atoms with van der Waals surface area (Å²) < 4.78 is 37.7. The van der Waals surface area contributed by atoms with Crippen molar-refractivity contribution in [2.45, 2.75) is 49.8 Å². The SMILES string of the molecule is C/C(O[Si](C)(C)C)=C(/C(=O)O)N1C(=O)C(NC(=O)COc2ccccc2)C1SS(=O)(=O)c1ccc(C)cc1. The van der Waals surface area contributed by atoms with Crippen molar-refractivity contribution < 1.29 is 37.1 Å². The second-order valence-corrected chi connectivity index (χ2v) is 17.9. The van der Waals surface area contributed by atoms with Gasteiger partial charge in [0.2, 0.25) is 17.2 Å². The number of rotatable bonds is 11. The Kier molecular flexibility index (Phi) is 8.95. The van der Waals surface area contributed by atoms with Gasteiger partial charge in [-0.05, 0) is 57.8 Å². The molecule has 3 rings (SSSR count). The molecule has 2 atom stereocenters. The number of benzene rings is 2. The van der Waals surface area contributed by atoms with Crippen LogP contribution in [0.1, 0.15) is 12.5 Å². The Morgan fingerprint density at radius 1 is 1.08 bits per heavy atom. The van der Waals surface area contributed by atoms with Crippen LogP contribution in [-0.4, -0.2) is 62.5 Å². The summed E-state index contributed by atoms with van der Waals surface area (Å²) >= 11 is 0. The predicted molar refractivity (Wildman–Crippen MR) is 145 cm³/mol. The van der Waals surface area contributed by atoms with E-state index >= 15 is 0 Å². The topological polar surface area (TPSA) is 139 Å². The van der Waals surface area contributed by atoms with Gasteiger partial charge in [-0.3, -0.25) is 14.5 Å². The third-order valence-electron chi connectivity index (χ3n) is 5.24. The van der Waals surface area contributed by atoms with Gasteiger partial charge in [-0.1, -0.05) is 35.9 Å². The molecule has 0 bridgehead atoms. The van der Waals surface area contributed by atoms with E-state index in [9.17, 15) is 27.9 Å². The zero-order valence-corrected chi connectivity index (χ0v) is 24.3. The van der Waals surface area contributed by atoms with Gasteiger partial charge in [-0.15, -0.1) is 0 Å². The summed E-state index contributed by atoms with van der Waals surface area (Å²) in [5, 5.41) is 11.2. The van der Waals surface area contributed by atoms with Gasteiger partial charge in [0.25, 0.3) is 11.8 Å². The molecule has 0 spiro atoms. The molecule has 2 amide bonds. The van der Waals surface area contributed by atoms with Crippen LogP contribution in [0.3, 0.4) is 0 Å². The summed E-state index contributed by atoms with van der Waals surface area (Å²) in [7, 11) is -5.93. The smallest absolute Gasteiger partial charge is 0.356 e. The number of hydrogen-bond acceptors (Lipinski definition) is 8. The molecule has 38 heavy (non-hydrogen) atoms. The van der Waals surface area contributed by atoms with Crippen molar-refractivity contribution >= 4 is 45.8 Å². The van der Waals surface area contributed by atoms with Gasteiger partial charge >= 0.3 is 5.97 Å². The summed E-state index contributed by atoms with van der Waals surface area (Å²) in [5.74, 6) is -2.47. The minimum absolute atomic E-state index is 0.0131. The maximum absolute atomic E-state index is 13.2. The Morgan fingerprint density at radius 3 is 2.24 bits per heavy atom. The van der Waals surface area contributed by atoms with Crippen LogP contribution in [0.5, 0.6) is 5.75 Å². The molecule has 1 aliphatic rings. The van der Waals surface area contributed by atoms with Gasteiger partial charge in [-0.25, -0.2) is 13.2 Å². The first-order valence-corrected chi connectivity index (χ1v) is 17.9. The van der Waals surface area contributed by atoms with E-state index in [1.165, 1.54) is 19.1 Å². The lowest BCUT2D eigenvalue weighted by Crippen LogP contribution is -2.70. The maximum Gasteiger partial charge on any atom is 0.356 e. The number of ether oxygens (including phenoxy) is 1. The van der Waals surface area contributed by atoms with Gasteiger partial charge in [0.15, 0.2) is 12.3 Å². The van der Waals surface area contributed by atoms with Crippen molar-refractivity contribution in [3.05, 3.63) is 71.6 Å². The fraction of sp³-hybridized carbons (Fsp3) is 0.320. The Morgan fingerprint density at radius 2 is 1.68 bits per heavy atom. The highest BCUT2D eigenvalue weighted by molar-refractivity contribution is 8.72. The fourth-order valence-electron chi connectivity index (χ4n) is 3.64. The van der Waals surface area contributed by atoms with E-state index in [1.54, 1.807) is 42.5 Å². The number of allylic oxidation sites excluding steroid dienone is 1. The predicted octanol–water partition coefficient (Wildman–Crippen LogP) is 3.32. The van der Waals surface area contributed by atoms with Gasteiger partial charge in [0.1, 0.15) is 22.9 Å². The number of nitrogens with one attached hydrogen (secondary N) is 1. The number of aryl methyl sites for hydroxylation is 1. The largest absolute Gasteiger partial charge is 0.546 e. The molecule has 2 aromatic rings. The number of carboxylic acid groups (broad SMARTS) is 1. The molecule has 204 valence electrons. The van der Waals surface area contributed by atoms with Crippen LogP contribution in [-0.2, 0) is 27.7 Å². The minimum Gasteiger partial charge on any atom is -0.546 e. The standard InChI is InChI=1S/C25H30N2O8S2Si/c1-16-11-13-19(14-12-16)37(32,33)36-24-21(26-20(28)15-34-18-9-7-6-8-10-18)23(29)27(24)22(25(30)31)17(2)35-38(3,4)5/h6-14,21,24H,15H2,1-5H3,(H,26,28)(H,30,31)/b22-17+. The molecule has 2 unspecified atom stereocenters. The van der Waals surface area contributed by atoms with Crippen molar-refractivity contribution in [1.82, 2.24) is 10.2 Å². The maximum atomic E-state index is 13.2. The van der Waals surface area contributed by atoms with Crippen LogP contribution >= 0.6 is 10.8 Å². The molecule has 0 radical (unpaired) electrons. The first kappa shape index (κ1) is 29.3. The second kappa shape index (κ2) is 11.6. The van der Waals surface area contributed by atoms with Crippen LogP contribution in [0, 0.1) is 6.92 Å². The number of likely N-dealkylation sites (tertiary alicyclic amines) is 1. The number of hydrogen-bond donors (Lipinski definition) is 2. The number of para-hydroxylation sites is 1. The molecule has 1 aliphatic heterocycles. The summed E-state index contributed by atoms with van der Waals surface area (Å²) in [6, 6.07) is 13.4. The van der Waals surface area contributed by atoms with E-state index < -0.39 is 58.7 Å². The monoisotopic (exact) mass is 578 g/mol. The lowest BCUT2D eigenvalue weighted by molar-refractivity contribution is -0.151. The Bertz CT molecular complexity index is 1340. The van der Waals surface area contributed by atoms with E-state index in [-0.39, 0.29) is 10.7 Å². The van der Waals surface area contributed by atoms with Crippen LogP contribution in [0.2, 0.25) is 19.6 Å². The number of carboxylic acids is 1. The molecule has 1 saturated heterocycles. The fourth-order valence-corrected chi connectivity index (χ4v) is 8.12. The first-order valence-electron chi connectivity index (χ1n) is 11.6. The third kappa shape index (κ3) is 7.17. The Labute approximate surface area is 226 Å². The molecule has 0 aliphatic carbocycles. The second-order valence-electron chi connectivity index (χ2n) is 9.53. The third-order valence-corrected chi connectivity index (χ3v) is 9.87. The van der Waals surface area contributed by atoms with Crippen molar-refractivity contribution in [3.63, 3.8) is 0 Å². The number of aliphatic carboxylic acids is 1. The highest BCUT2D eigenvalue weighted by atomic mass is 33.1. The molecule has 13 heteroatoms. The lowest BCUT2D eigenvalue weighted by atomic mass is 10.1. The molecule has 1 fully saturated rings. The molecule has 0 saturated carbocycles. The Hall–Kier alpha value is -3.29. The molecule has 10 nitrogen and oxygen atoms in total. The van der Waals surface area contributed by atoms with Gasteiger partial charge < -0.3 is 19.6 Å². The highest BCUT2D eigenvalue weighted by Gasteiger charge is 2.54. The zero-order chi connectivity index (χ0) is 28.3. The van der Waals surface area contributed by atoms with Gasteiger partial charge in [-0.2, -0.15) is 0 Å². The van der Waals surface area contributed by atoms with Crippen molar-refractivity contribution in [2.24, 2.45) is 0 Å². The quantitative estimate of drug-likeness (QED) is 0.135. The van der Waals surface area contributed by atoms with E-state index in [2.05, 4.69) is 5.32 Å². The number of amides is 2. The number of nitrogens with zero attached hydrogens (tertiary/aromatic N) is 1. The molecule has 0 aromatic heterocycles. The highest BCUT2D eigenvalue weighted by Crippen LogP contribution is 2.40. The average Bonchev–Trinajstić information content (AvgIpc) is 2.83. The molecule has 2 N–H and O–H groups in total. The van der Waals surface area contributed by atoms with E-state index in [1.807, 2.05) is 26.6 Å². The Balaban J connectivity index is 1.91. The summed E-state index contributed by atoms with van der Waals surface area (Å²) in [6.45, 7) is 8.34. The summed E-state index contributed by atoms with van der Waals surface area (Å²) in [5.41, 5.74) is 0.383.